The minimum Gasteiger partial charge on any atom is -0.484 e. The Morgan fingerprint density at radius 2 is 1.81 bits per heavy atom. The van der Waals surface area contributed by atoms with Crippen molar-refractivity contribution >= 4 is 11.9 Å². The van der Waals surface area contributed by atoms with Crippen LogP contribution in [-0.4, -0.2) is 41.1 Å². The maximum Gasteiger partial charge on any atom is 0.323 e. The largest absolute Gasteiger partial charge is 0.484 e. The van der Waals surface area contributed by atoms with Gasteiger partial charge < -0.3 is 14.7 Å². The van der Waals surface area contributed by atoms with E-state index in [9.17, 15) is 9.59 Å². The minimum absolute atomic E-state index is 0.128. The summed E-state index contributed by atoms with van der Waals surface area (Å²) in [7, 11) is 0. The fraction of sp³-hybridized carbons (Fsp3) is 0.500. The lowest BCUT2D eigenvalue weighted by molar-refractivity contribution is -0.147. The van der Waals surface area contributed by atoms with Gasteiger partial charge in [-0.15, -0.1) is 0 Å². The first-order chi connectivity index (χ1) is 9.83. The molecule has 0 saturated heterocycles. The van der Waals surface area contributed by atoms with Gasteiger partial charge in [0.2, 0.25) is 0 Å². The highest BCUT2D eigenvalue weighted by molar-refractivity contribution is 5.82. The molecule has 5 nitrogen and oxygen atoms in total. The maximum atomic E-state index is 12.2. The highest BCUT2D eigenvalue weighted by Gasteiger charge is 2.21. The van der Waals surface area contributed by atoms with Crippen molar-refractivity contribution in [3.05, 3.63) is 29.3 Å². The molecule has 0 spiro atoms. The molecule has 0 radical (unpaired) electrons. The van der Waals surface area contributed by atoms with E-state index in [4.69, 9.17) is 9.84 Å². The zero-order chi connectivity index (χ0) is 16.0. The summed E-state index contributed by atoms with van der Waals surface area (Å²) >= 11 is 0. The van der Waals surface area contributed by atoms with E-state index in [1.807, 2.05) is 45.9 Å². The highest BCUT2D eigenvalue weighted by Crippen LogP contribution is 2.16. The van der Waals surface area contributed by atoms with E-state index in [2.05, 4.69) is 0 Å². The molecular weight excluding hydrogens is 270 g/mol. The molecule has 0 aliphatic rings. The number of carboxylic acid groups (broad SMARTS) is 1. The Bertz CT molecular complexity index is 493. The number of aliphatic carboxylic acids is 1. The molecule has 0 heterocycles. The number of benzene rings is 1. The summed E-state index contributed by atoms with van der Waals surface area (Å²) in [6.45, 7) is 7.20. The lowest BCUT2D eigenvalue weighted by atomic mass is 10.1. The van der Waals surface area contributed by atoms with Crippen LogP contribution in [0.4, 0.5) is 0 Å². The Hall–Kier alpha value is -2.04. The number of carboxylic acids is 1. The van der Waals surface area contributed by atoms with Crippen molar-refractivity contribution in [1.29, 1.82) is 0 Å². The normalized spacial score (nSPS) is 11.8. The number of hydrogen-bond donors (Lipinski definition) is 1. The van der Waals surface area contributed by atoms with Crippen molar-refractivity contribution in [3.8, 4) is 5.75 Å². The number of rotatable bonds is 7. The average Bonchev–Trinajstić information content (AvgIpc) is 2.40. The van der Waals surface area contributed by atoms with Gasteiger partial charge in [-0.1, -0.05) is 13.0 Å². The molecule has 21 heavy (non-hydrogen) atoms. The van der Waals surface area contributed by atoms with E-state index in [1.165, 1.54) is 4.90 Å². The van der Waals surface area contributed by atoms with Gasteiger partial charge in [-0.25, -0.2) is 0 Å². The van der Waals surface area contributed by atoms with Crippen LogP contribution in [0.1, 0.15) is 31.4 Å². The van der Waals surface area contributed by atoms with Crippen LogP contribution < -0.4 is 4.74 Å². The number of nitrogens with zero attached hydrogens (tertiary/aromatic N) is 1. The van der Waals surface area contributed by atoms with E-state index in [-0.39, 0.29) is 25.1 Å². The van der Waals surface area contributed by atoms with Crippen molar-refractivity contribution in [3.63, 3.8) is 0 Å². The molecule has 0 aromatic heterocycles. The summed E-state index contributed by atoms with van der Waals surface area (Å²) in [4.78, 5) is 24.4. The Morgan fingerprint density at radius 3 is 2.29 bits per heavy atom. The van der Waals surface area contributed by atoms with E-state index in [1.54, 1.807) is 0 Å². The maximum absolute atomic E-state index is 12.2. The molecule has 0 aliphatic carbocycles. The van der Waals surface area contributed by atoms with Crippen molar-refractivity contribution in [2.24, 2.45) is 0 Å². The quantitative estimate of drug-likeness (QED) is 0.838. The summed E-state index contributed by atoms with van der Waals surface area (Å²) in [6, 6.07) is 5.59. The van der Waals surface area contributed by atoms with Crippen molar-refractivity contribution < 1.29 is 19.4 Å². The van der Waals surface area contributed by atoms with Gasteiger partial charge in [0.05, 0.1) is 0 Å². The molecule has 1 aromatic rings. The predicted octanol–water partition coefficient (Wildman–Crippen LogP) is 2.39. The molecule has 0 aliphatic heterocycles. The SMILES string of the molecule is CCC(C)N(CC(=O)O)C(=O)COc1cc(C)cc(C)c1. The number of aryl methyl sites for hydroxylation is 2. The summed E-state index contributed by atoms with van der Waals surface area (Å²) in [5, 5.41) is 8.90. The van der Waals surface area contributed by atoms with Gasteiger partial charge in [0.15, 0.2) is 6.61 Å². The van der Waals surface area contributed by atoms with Crippen molar-refractivity contribution in [2.45, 2.75) is 40.2 Å². The van der Waals surface area contributed by atoms with Crippen molar-refractivity contribution in [1.82, 2.24) is 4.90 Å². The summed E-state index contributed by atoms with van der Waals surface area (Å²) in [5.41, 5.74) is 2.11. The molecule has 1 amide bonds. The van der Waals surface area contributed by atoms with Crippen LogP contribution >= 0.6 is 0 Å². The third-order valence-corrected chi connectivity index (χ3v) is 3.31. The molecule has 1 unspecified atom stereocenters. The van der Waals surface area contributed by atoms with Crippen LogP contribution in [0.15, 0.2) is 18.2 Å². The summed E-state index contributed by atoms with van der Waals surface area (Å²) < 4.78 is 5.50. The minimum atomic E-state index is -1.02. The highest BCUT2D eigenvalue weighted by atomic mass is 16.5. The Balaban J connectivity index is 2.70. The number of carbonyl (C=O) groups is 2. The summed E-state index contributed by atoms with van der Waals surface area (Å²) in [6.07, 6.45) is 0.697. The first-order valence-electron chi connectivity index (χ1n) is 7.05. The topological polar surface area (TPSA) is 66.8 Å². The van der Waals surface area contributed by atoms with Crippen LogP contribution in [0.5, 0.6) is 5.75 Å². The van der Waals surface area contributed by atoms with E-state index in [0.29, 0.717) is 12.2 Å². The first kappa shape index (κ1) is 17.0. The zero-order valence-corrected chi connectivity index (χ0v) is 13.0. The van der Waals surface area contributed by atoms with Gasteiger partial charge in [-0.3, -0.25) is 9.59 Å². The molecule has 116 valence electrons. The Labute approximate surface area is 125 Å². The van der Waals surface area contributed by atoms with Crippen molar-refractivity contribution in [2.75, 3.05) is 13.2 Å². The van der Waals surface area contributed by atoms with Gasteiger partial charge in [0.25, 0.3) is 5.91 Å². The smallest absolute Gasteiger partial charge is 0.323 e. The number of hydrogen-bond acceptors (Lipinski definition) is 3. The molecular formula is C16H23NO4. The lowest BCUT2D eigenvalue weighted by Crippen LogP contribution is -2.44. The molecule has 1 aromatic carbocycles. The predicted molar refractivity (Wildman–Crippen MR) is 80.5 cm³/mol. The third kappa shape index (κ3) is 5.45. The van der Waals surface area contributed by atoms with E-state index >= 15 is 0 Å². The van der Waals surface area contributed by atoms with Crippen LogP contribution in [0.3, 0.4) is 0 Å². The number of ether oxygens (including phenoxy) is 1. The van der Waals surface area contributed by atoms with Crippen LogP contribution in [0, 0.1) is 13.8 Å². The average molecular weight is 293 g/mol. The summed E-state index contributed by atoms with van der Waals surface area (Å²) in [5.74, 6) is -0.707. The zero-order valence-electron chi connectivity index (χ0n) is 13.0. The third-order valence-electron chi connectivity index (χ3n) is 3.31. The number of amides is 1. The fourth-order valence-corrected chi connectivity index (χ4v) is 2.10. The first-order valence-corrected chi connectivity index (χ1v) is 7.05. The molecule has 0 saturated carbocycles. The van der Waals surface area contributed by atoms with Gasteiger partial charge >= 0.3 is 5.97 Å². The molecule has 5 heteroatoms. The van der Waals surface area contributed by atoms with Gasteiger partial charge in [0, 0.05) is 6.04 Å². The molecule has 0 bridgehead atoms. The second kappa shape index (κ2) is 7.67. The monoisotopic (exact) mass is 293 g/mol. The Morgan fingerprint density at radius 1 is 1.24 bits per heavy atom. The van der Waals surface area contributed by atoms with Crippen LogP contribution in [0.25, 0.3) is 0 Å². The van der Waals surface area contributed by atoms with Gasteiger partial charge in [-0.2, -0.15) is 0 Å². The molecule has 0 fully saturated rings. The van der Waals surface area contributed by atoms with Crippen LogP contribution in [-0.2, 0) is 9.59 Å². The second-order valence-electron chi connectivity index (χ2n) is 5.28. The van der Waals surface area contributed by atoms with Gasteiger partial charge in [0.1, 0.15) is 12.3 Å². The molecule has 1 rings (SSSR count). The molecule has 1 N–H and O–H groups in total. The van der Waals surface area contributed by atoms with Gasteiger partial charge in [-0.05, 0) is 50.5 Å². The van der Waals surface area contributed by atoms with E-state index < -0.39 is 5.97 Å². The van der Waals surface area contributed by atoms with E-state index in [0.717, 1.165) is 11.1 Å². The lowest BCUT2D eigenvalue weighted by Gasteiger charge is -2.26. The standard InChI is InChI=1S/C16H23NO4/c1-5-13(4)17(9-16(19)20)15(18)10-21-14-7-11(2)6-12(3)8-14/h6-8,13H,5,9-10H2,1-4H3,(H,19,20). The number of carbonyl (C=O) groups excluding carboxylic acids is 1. The van der Waals surface area contributed by atoms with Crippen LogP contribution in [0.2, 0.25) is 0 Å². The molecule has 1 atom stereocenters. The fourth-order valence-electron chi connectivity index (χ4n) is 2.10. The Kier molecular flexibility index (Phi) is 6.21. The second-order valence-corrected chi connectivity index (χ2v) is 5.28.